The van der Waals surface area contributed by atoms with E-state index in [0.717, 1.165) is 10.8 Å². The quantitative estimate of drug-likeness (QED) is 0.344. The van der Waals surface area contributed by atoms with E-state index in [1.54, 1.807) is 36.4 Å². The van der Waals surface area contributed by atoms with Crippen LogP contribution < -0.4 is 5.43 Å². The fourth-order valence-electron chi connectivity index (χ4n) is 2.78. The summed E-state index contributed by atoms with van der Waals surface area (Å²) in [6.45, 7) is 0. The molecule has 31 heavy (non-hydrogen) atoms. The van der Waals surface area contributed by atoms with Crippen molar-refractivity contribution in [2.45, 2.75) is 6.18 Å². The van der Waals surface area contributed by atoms with Crippen molar-refractivity contribution in [1.82, 2.24) is 0 Å². The number of nitro groups is 2. The van der Waals surface area contributed by atoms with Gasteiger partial charge in [-0.2, -0.15) is 23.5 Å². The monoisotopic (exact) mass is 429 g/mol. The van der Waals surface area contributed by atoms with E-state index in [2.05, 4.69) is 5.10 Å². The number of halogens is 3. The Bertz CT molecular complexity index is 1250. The summed E-state index contributed by atoms with van der Waals surface area (Å²) >= 11 is 0. The maximum absolute atomic E-state index is 13.0. The van der Waals surface area contributed by atoms with Crippen LogP contribution in [0.5, 0.6) is 0 Å². The molecule has 0 aromatic heterocycles. The minimum atomic E-state index is -5.04. The molecule has 0 saturated carbocycles. The summed E-state index contributed by atoms with van der Waals surface area (Å²) in [6, 6.07) is 14.1. The number of hydrogen-bond acceptors (Lipinski definition) is 7. The van der Waals surface area contributed by atoms with Crippen LogP contribution in [0.15, 0.2) is 59.7 Å². The maximum atomic E-state index is 13.0. The first-order chi connectivity index (χ1) is 14.6. The summed E-state index contributed by atoms with van der Waals surface area (Å²) in [7, 11) is 0. The lowest BCUT2D eigenvalue weighted by molar-refractivity contribution is -0.392. The molecule has 0 aliphatic carbocycles. The Morgan fingerprint density at radius 3 is 2.06 bits per heavy atom. The van der Waals surface area contributed by atoms with Gasteiger partial charge in [0, 0.05) is 17.7 Å². The highest BCUT2D eigenvalue weighted by atomic mass is 19.4. The molecule has 12 heteroatoms. The third-order valence-electron chi connectivity index (χ3n) is 4.23. The van der Waals surface area contributed by atoms with Crippen LogP contribution in [0.25, 0.3) is 10.8 Å². The Hall–Kier alpha value is -4.53. The van der Waals surface area contributed by atoms with Crippen LogP contribution >= 0.6 is 0 Å². The highest BCUT2D eigenvalue weighted by Gasteiger charge is 2.37. The lowest BCUT2D eigenvalue weighted by atomic mass is 10.0. The fourth-order valence-corrected chi connectivity index (χ4v) is 2.78. The number of nitrogens with zero attached hydrogens (tertiary/aromatic N) is 4. The number of rotatable bonds is 5. The molecule has 0 atom stereocenters. The maximum Gasteiger partial charge on any atom is 0.416 e. The molecule has 0 bridgehead atoms. The molecule has 0 heterocycles. The Morgan fingerprint density at radius 1 is 0.968 bits per heavy atom. The van der Waals surface area contributed by atoms with E-state index in [-0.39, 0.29) is 17.8 Å². The SMILES string of the molecule is N#C/C(=N\Nc1c([N+](=O)[O-])cc(C(F)(F)F)cc1[N+](=O)[O-])c1ccc2ccccc2c1. The number of hydrazone groups is 1. The van der Waals surface area contributed by atoms with Crippen molar-refractivity contribution in [2.24, 2.45) is 5.10 Å². The minimum absolute atomic E-state index is 0.160. The van der Waals surface area contributed by atoms with Gasteiger partial charge in [-0.25, -0.2) is 0 Å². The van der Waals surface area contributed by atoms with Crippen LogP contribution in [0.1, 0.15) is 11.1 Å². The molecule has 0 fully saturated rings. The number of fused-ring (bicyclic) bond motifs is 1. The van der Waals surface area contributed by atoms with E-state index >= 15 is 0 Å². The highest BCUT2D eigenvalue weighted by molar-refractivity contribution is 6.13. The van der Waals surface area contributed by atoms with Gasteiger partial charge in [0.2, 0.25) is 5.69 Å². The smallest absolute Gasteiger partial charge is 0.265 e. The number of hydrogen-bond donors (Lipinski definition) is 1. The topological polar surface area (TPSA) is 134 Å². The third-order valence-corrected chi connectivity index (χ3v) is 4.23. The molecule has 9 nitrogen and oxygen atoms in total. The Labute approximate surface area is 171 Å². The van der Waals surface area contributed by atoms with E-state index in [1.165, 1.54) is 0 Å². The second-order valence-corrected chi connectivity index (χ2v) is 6.15. The lowest BCUT2D eigenvalue weighted by Crippen LogP contribution is -2.10. The van der Waals surface area contributed by atoms with Gasteiger partial charge in [0.25, 0.3) is 0 Å². The molecule has 3 rings (SSSR count). The molecule has 0 radical (unpaired) electrons. The fraction of sp³-hybridized carbons (Fsp3) is 0.0526. The largest absolute Gasteiger partial charge is 0.416 e. The van der Waals surface area contributed by atoms with Crippen molar-refractivity contribution in [2.75, 3.05) is 5.43 Å². The van der Waals surface area contributed by atoms with E-state index in [4.69, 9.17) is 0 Å². The van der Waals surface area contributed by atoms with Gasteiger partial charge in [0.15, 0.2) is 5.71 Å². The van der Waals surface area contributed by atoms with Crippen LogP contribution in [0.3, 0.4) is 0 Å². The summed E-state index contributed by atoms with van der Waals surface area (Å²) in [6.07, 6.45) is -5.04. The summed E-state index contributed by atoms with van der Waals surface area (Å²) in [5, 5.41) is 37.2. The molecule has 0 amide bonds. The van der Waals surface area contributed by atoms with Gasteiger partial charge in [-0.05, 0) is 16.8 Å². The van der Waals surface area contributed by atoms with Crippen molar-refractivity contribution in [1.29, 1.82) is 5.26 Å². The van der Waals surface area contributed by atoms with Gasteiger partial charge in [-0.15, -0.1) is 0 Å². The minimum Gasteiger partial charge on any atom is -0.265 e. The first-order valence-corrected chi connectivity index (χ1v) is 8.39. The van der Waals surface area contributed by atoms with Crippen molar-refractivity contribution >= 4 is 33.5 Å². The average molecular weight is 429 g/mol. The standard InChI is InChI=1S/C19H10F3N5O4/c20-19(21,22)14-8-16(26(28)29)18(17(9-14)27(30)31)25-24-15(10-23)13-6-5-11-3-1-2-4-12(11)7-13/h1-9,25H/b24-15+. The molecular weight excluding hydrogens is 419 g/mol. The van der Waals surface area contributed by atoms with Gasteiger partial charge < -0.3 is 0 Å². The van der Waals surface area contributed by atoms with Gasteiger partial charge in [0.1, 0.15) is 6.07 Å². The summed E-state index contributed by atoms with van der Waals surface area (Å²) in [5.41, 5.74) is -2.80. The van der Waals surface area contributed by atoms with E-state index in [9.17, 15) is 38.7 Å². The molecule has 156 valence electrons. The van der Waals surface area contributed by atoms with Crippen LogP contribution in [-0.2, 0) is 6.18 Å². The average Bonchev–Trinajstić information content (AvgIpc) is 2.72. The normalized spacial score (nSPS) is 11.7. The number of nitriles is 1. The van der Waals surface area contributed by atoms with Gasteiger partial charge in [-0.3, -0.25) is 25.7 Å². The zero-order valence-electron chi connectivity index (χ0n) is 15.3. The van der Waals surface area contributed by atoms with Crippen molar-refractivity contribution in [3.8, 4) is 6.07 Å². The van der Waals surface area contributed by atoms with E-state index in [0.29, 0.717) is 5.56 Å². The number of benzene rings is 3. The molecule has 0 aliphatic heterocycles. The molecule has 3 aromatic carbocycles. The van der Waals surface area contributed by atoms with E-state index < -0.39 is 38.6 Å². The second-order valence-electron chi connectivity index (χ2n) is 6.15. The van der Waals surface area contributed by atoms with Crippen LogP contribution in [0.2, 0.25) is 0 Å². The number of alkyl halides is 3. The van der Waals surface area contributed by atoms with Gasteiger partial charge in [0.05, 0.1) is 15.4 Å². The van der Waals surface area contributed by atoms with Crippen LogP contribution in [0.4, 0.5) is 30.2 Å². The molecular formula is C19H10F3N5O4. The number of anilines is 1. The summed E-state index contributed by atoms with van der Waals surface area (Å²) in [5.74, 6) is 0. The van der Waals surface area contributed by atoms with Crippen molar-refractivity contribution in [3.05, 3.63) is 86.0 Å². The predicted octanol–water partition coefficient (Wildman–Crippen LogP) is 5.01. The Morgan fingerprint density at radius 2 is 1.55 bits per heavy atom. The molecule has 3 aromatic rings. The summed E-state index contributed by atoms with van der Waals surface area (Å²) < 4.78 is 39.0. The number of nitrogens with one attached hydrogen (secondary N) is 1. The van der Waals surface area contributed by atoms with Crippen molar-refractivity contribution in [3.63, 3.8) is 0 Å². The first kappa shape index (κ1) is 21.2. The zero-order chi connectivity index (χ0) is 22.8. The molecule has 0 aliphatic rings. The predicted molar refractivity (Wildman–Crippen MR) is 104 cm³/mol. The number of nitro benzene ring substituents is 2. The highest BCUT2D eigenvalue weighted by Crippen LogP contribution is 2.41. The molecule has 0 saturated heterocycles. The zero-order valence-corrected chi connectivity index (χ0v) is 15.3. The van der Waals surface area contributed by atoms with Gasteiger partial charge in [-0.1, -0.05) is 36.4 Å². The van der Waals surface area contributed by atoms with Gasteiger partial charge >= 0.3 is 17.6 Å². The molecule has 1 N–H and O–H groups in total. The van der Waals surface area contributed by atoms with E-state index in [1.807, 2.05) is 17.6 Å². The van der Waals surface area contributed by atoms with Crippen molar-refractivity contribution < 1.29 is 23.0 Å². The van der Waals surface area contributed by atoms with Crippen LogP contribution in [0, 0.1) is 31.6 Å². The molecule has 0 spiro atoms. The Kier molecular flexibility index (Phi) is 5.52. The Balaban J connectivity index is 2.11. The lowest BCUT2D eigenvalue weighted by Gasteiger charge is -2.10. The first-order valence-electron chi connectivity index (χ1n) is 8.39. The van der Waals surface area contributed by atoms with Crippen LogP contribution in [-0.4, -0.2) is 15.6 Å². The summed E-state index contributed by atoms with van der Waals surface area (Å²) in [4.78, 5) is 20.1. The second kappa shape index (κ2) is 8.07. The third kappa shape index (κ3) is 4.40. The molecule has 0 unspecified atom stereocenters.